The zero-order valence-electron chi connectivity index (χ0n) is 5.08. The highest BCUT2D eigenvalue weighted by Gasteiger charge is 2.19. The molecule has 1 rings (SSSR count). The molecule has 1 aliphatic rings. The van der Waals surface area contributed by atoms with E-state index < -0.39 is 0 Å². The lowest BCUT2D eigenvalue weighted by atomic mass is 10.2. The highest BCUT2D eigenvalue weighted by Crippen LogP contribution is 2.32. The molecule has 0 aromatic heterocycles. The summed E-state index contributed by atoms with van der Waals surface area (Å²) in [6, 6.07) is 0. The summed E-state index contributed by atoms with van der Waals surface area (Å²) >= 11 is 6.97. The molecule has 9 heavy (non-hydrogen) atoms. The molecule has 0 heterocycles. The van der Waals surface area contributed by atoms with Gasteiger partial charge in [0.2, 0.25) is 0 Å². The van der Waals surface area contributed by atoms with Gasteiger partial charge < -0.3 is 0 Å². The van der Waals surface area contributed by atoms with Crippen LogP contribution in [0.3, 0.4) is 0 Å². The van der Waals surface area contributed by atoms with E-state index in [0.29, 0.717) is 0 Å². The Balaban J connectivity index is 2.59. The van der Waals surface area contributed by atoms with Crippen molar-refractivity contribution in [1.29, 1.82) is 0 Å². The monoisotopic (exact) mass is 250 g/mol. The lowest BCUT2D eigenvalue weighted by Crippen LogP contribution is -2.05. The normalized spacial score (nSPS) is 23.8. The van der Waals surface area contributed by atoms with E-state index in [9.17, 15) is 0 Å². The number of hydrogen-bond donors (Lipinski definition) is 0. The highest BCUT2D eigenvalue weighted by atomic mass is 79.9. The maximum atomic E-state index is 3.49. The molecule has 0 radical (unpaired) electrons. The quantitative estimate of drug-likeness (QED) is 0.459. The number of halogens is 2. The van der Waals surface area contributed by atoms with E-state index in [1.807, 2.05) is 0 Å². The fourth-order valence-corrected chi connectivity index (χ4v) is 1.66. The Morgan fingerprint density at radius 1 is 1.22 bits per heavy atom. The molecule has 0 bridgehead atoms. The Kier molecular flexibility index (Phi) is 2.60. The largest absolute Gasteiger partial charge is 0.140 e. The van der Waals surface area contributed by atoms with Crippen LogP contribution in [0.5, 0.6) is 0 Å². The van der Waals surface area contributed by atoms with Crippen LogP contribution in [0.2, 0.25) is 0 Å². The molecule has 0 aliphatic heterocycles. The number of hydrogen-bond acceptors (Lipinski definition) is 0. The van der Waals surface area contributed by atoms with Crippen molar-refractivity contribution in [2.75, 3.05) is 0 Å². The van der Waals surface area contributed by atoms with Gasteiger partial charge in [0.15, 0.2) is 0 Å². The van der Waals surface area contributed by atoms with Crippen molar-refractivity contribution >= 4 is 31.9 Å². The molecule has 0 amide bonds. The SMILES string of the molecule is BrC1(Br)C#CCCCC1. The third kappa shape index (κ3) is 2.73. The molecular weight excluding hydrogens is 244 g/mol. The first-order chi connectivity index (χ1) is 4.21. The van der Waals surface area contributed by atoms with Crippen LogP contribution in [0.4, 0.5) is 0 Å². The van der Waals surface area contributed by atoms with Crippen LogP contribution in [0, 0.1) is 11.8 Å². The predicted octanol–water partition coefficient (Wildman–Crippen LogP) is 3.05. The molecule has 0 fully saturated rings. The van der Waals surface area contributed by atoms with Crippen molar-refractivity contribution in [2.24, 2.45) is 0 Å². The Labute approximate surface area is 72.7 Å². The van der Waals surface area contributed by atoms with Crippen molar-refractivity contribution in [2.45, 2.75) is 28.9 Å². The van der Waals surface area contributed by atoms with Gasteiger partial charge in [-0.15, -0.1) is 5.92 Å². The lowest BCUT2D eigenvalue weighted by Gasteiger charge is -2.09. The molecule has 0 N–H and O–H groups in total. The first-order valence-electron chi connectivity index (χ1n) is 3.09. The maximum absolute atomic E-state index is 3.49. The summed E-state index contributed by atoms with van der Waals surface area (Å²) in [4.78, 5) is 0. The second-order valence-corrected chi connectivity index (χ2v) is 5.98. The summed E-state index contributed by atoms with van der Waals surface area (Å²) in [7, 11) is 0. The molecule has 0 saturated carbocycles. The van der Waals surface area contributed by atoms with Gasteiger partial charge in [-0.05, 0) is 19.3 Å². The zero-order chi connectivity index (χ0) is 6.74. The van der Waals surface area contributed by atoms with E-state index >= 15 is 0 Å². The second-order valence-electron chi connectivity index (χ2n) is 2.21. The molecule has 0 unspecified atom stereocenters. The number of rotatable bonds is 0. The fourth-order valence-electron chi connectivity index (χ4n) is 0.815. The lowest BCUT2D eigenvalue weighted by molar-refractivity contribution is 0.720. The van der Waals surface area contributed by atoms with Crippen molar-refractivity contribution in [3.63, 3.8) is 0 Å². The van der Waals surface area contributed by atoms with E-state index in [4.69, 9.17) is 0 Å². The van der Waals surface area contributed by atoms with E-state index in [-0.39, 0.29) is 3.23 Å². The molecule has 0 aromatic carbocycles. The molecule has 2 heteroatoms. The standard InChI is InChI=1S/C7H8Br2/c8-7(9)5-3-1-2-4-6-7/h1-3,5H2. The predicted molar refractivity (Wildman–Crippen MR) is 46.8 cm³/mol. The van der Waals surface area contributed by atoms with Crippen LogP contribution in [0.25, 0.3) is 0 Å². The summed E-state index contributed by atoms with van der Waals surface area (Å²) in [5.74, 6) is 6.20. The maximum Gasteiger partial charge on any atom is 0.140 e. The van der Waals surface area contributed by atoms with Gasteiger partial charge in [-0.2, -0.15) is 0 Å². The molecule has 1 aliphatic carbocycles. The average Bonchev–Trinajstić information content (AvgIpc) is 1.92. The van der Waals surface area contributed by atoms with Crippen LogP contribution < -0.4 is 0 Å². The van der Waals surface area contributed by atoms with Gasteiger partial charge in [0.05, 0.1) is 0 Å². The summed E-state index contributed by atoms with van der Waals surface area (Å²) < 4.78 is -0.0729. The summed E-state index contributed by atoms with van der Waals surface area (Å²) in [6.07, 6.45) is 4.65. The molecule has 0 saturated heterocycles. The minimum atomic E-state index is -0.0729. The Morgan fingerprint density at radius 3 is 2.78 bits per heavy atom. The van der Waals surface area contributed by atoms with E-state index in [1.165, 1.54) is 12.8 Å². The van der Waals surface area contributed by atoms with Gasteiger partial charge in [0.25, 0.3) is 0 Å². The Hall–Kier alpha value is 0.520. The van der Waals surface area contributed by atoms with E-state index in [2.05, 4.69) is 43.7 Å². The Bertz CT molecular complexity index is 150. The summed E-state index contributed by atoms with van der Waals surface area (Å²) in [5.41, 5.74) is 0. The molecular formula is C7H8Br2. The van der Waals surface area contributed by atoms with Crippen molar-refractivity contribution in [1.82, 2.24) is 0 Å². The summed E-state index contributed by atoms with van der Waals surface area (Å²) in [5, 5.41) is 0. The first-order valence-corrected chi connectivity index (χ1v) is 4.67. The Morgan fingerprint density at radius 2 is 2.00 bits per heavy atom. The third-order valence-electron chi connectivity index (χ3n) is 1.31. The molecule has 0 spiro atoms. The zero-order valence-corrected chi connectivity index (χ0v) is 8.26. The van der Waals surface area contributed by atoms with Crippen molar-refractivity contribution in [3.05, 3.63) is 0 Å². The minimum Gasteiger partial charge on any atom is -0.101 e. The van der Waals surface area contributed by atoms with Gasteiger partial charge in [-0.3, -0.25) is 0 Å². The third-order valence-corrected chi connectivity index (χ3v) is 2.50. The summed E-state index contributed by atoms with van der Waals surface area (Å²) in [6.45, 7) is 0. The molecule has 0 nitrogen and oxygen atoms in total. The van der Waals surface area contributed by atoms with E-state index in [0.717, 1.165) is 12.8 Å². The topological polar surface area (TPSA) is 0 Å². The van der Waals surface area contributed by atoms with Gasteiger partial charge in [0.1, 0.15) is 3.23 Å². The van der Waals surface area contributed by atoms with Crippen LogP contribution >= 0.6 is 31.9 Å². The highest BCUT2D eigenvalue weighted by molar-refractivity contribution is 9.25. The fraction of sp³-hybridized carbons (Fsp3) is 0.714. The van der Waals surface area contributed by atoms with Crippen LogP contribution in [0.1, 0.15) is 25.7 Å². The van der Waals surface area contributed by atoms with Gasteiger partial charge in [-0.1, -0.05) is 37.8 Å². The van der Waals surface area contributed by atoms with Gasteiger partial charge in [-0.25, -0.2) is 0 Å². The molecule has 0 aromatic rings. The smallest absolute Gasteiger partial charge is 0.101 e. The van der Waals surface area contributed by atoms with Crippen LogP contribution in [0.15, 0.2) is 0 Å². The minimum absolute atomic E-state index is 0.0729. The second kappa shape index (κ2) is 3.07. The van der Waals surface area contributed by atoms with Crippen LogP contribution in [-0.2, 0) is 0 Å². The molecule has 50 valence electrons. The van der Waals surface area contributed by atoms with Crippen LogP contribution in [-0.4, -0.2) is 3.23 Å². The van der Waals surface area contributed by atoms with Gasteiger partial charge in [0, 0.05) is 6.42 Å². The van der Waals surface area contributed by atoms with Gasteiger partial charge >= 0.3 is 0 Å². The number of alkyl halides is 2. The van der Waals surface area contributed by atoms with Crippen molar-refractivity contribution < 1.29 is 0 Å². The van der Waals surface area contributed by atoms with Crippen molar-refractivity contribution in [3.8, 4) is 11.8 Å². The first kappa shape index (κ1) is 7.63. The average molecular weight is 252 g/mol. The van der Waals surface area contributed by atoms with E-state index in [1.54, 1.807) is 0 Å². The molecule has 0 atom stereocenters.